The second kappa shape index (κ2) is 7.30. The number of nitrogens with zero attached hydrogens (tertiary/aromatic N) is 1. The summed E-state index contributed by atoms with van der Waals surface area (Å²) in [6.45, 7) is 7.46. The molecule has 2 unspecified atom stereocenters. The number of carbonyl (C=O) groups is 2. The van der Waals surface area contributed by atoms with E-state index >= 15 is 0 Å². The molecule has 7 heteroatoms. The molecular formula is C22H25N3O3S. The fraction of sp³-hybridized carbons (Fsp3) is 0.409. The minimum Gasteiger partial charge on any atom is -0.456 e. The Balaban J connectivity index is 1.36. The Morgan fingerprint density at radius 1 is 1.24 bits per heavy atom. The van der Waals surface area contributed by atoms with Crippen molar-refractivity contribution in [3.8, 4) is 0 Å². The van der Waals surface area contributed by atoms with Crippen LogP contribution in [0.2, 0.25) is 0 Å². The van der Waals surface area contributed by atoms with Gasteiger partial charge in [-0.2, -0.15) is 0 Å². The number of carbonyl (C=O) groups excluding carboxylic acids is 2. The van der Waals surface area contributed by atoms with Gasteiger partial charge in [0.05, 0.1) is 17.1 Å². The Bertz CT molecular complexity index is 1030. The van der Waals surface area contributed by atoms with Crippen molar-refractivity contribution < 1.29 is 14.3 Å². The number of para-hydroxylation sites is 2. The predicted octanol–water partition coefficient (Wildman–Crippen LogP) is 4.56. The van der Waals surface area contributed by atoms with Crippen LogP contribution in [-0.4, -0.2) is 27.4 Å². The Morgan fingerprint density at radius 2 is 2.00 bits per heavy atom. The first-order valence-electron chi connectivity index (χ1n) is 9.79. The highest BCUT2D eigenvalue weighted by Gasteiger charge is 2.46. The predicted molar refractivity (Wildman–Crippen MR) is 113 cm³/mol. The first-order valence-corrected chi connectivity index (χ1v) is 10.6. The van der Waals surface area contributed by atoms with Crippen LogP contribution >= 0.6 is 11.3 Å². The van der Waals surface area contributed by atoms with E-state index in [-0.39, 0.29) is 29.8 Å². The fourth-order valence-electron chi connectivity index (χ4n) is 3.35. The molecule has 1 aliphatic rings. The van der Waals surface area contributed by atoms with Crippen molar-refractivity contribution in [2.75, 3.05) is 0 Å². The van der Waals surface area contributed by atoms with E-state index in [1.165, 1.54) is 11.3 Å². The van der Waals surface area contributed by atoms with Gasteiger partial charge in [0.1, 0.15) is 16.3 Å². The summed E-state index contributed by atoms with van der Waals surface area (Å²) in [7, 11) is 0. The monoisotopic (exact) mass is 411 g/mol. The summed E-state index contributed by atoms with van der Waals surface area (Å²) in [5.41, 5.74) is 1.39. The number of hydrogen-bond acceptors (Lipinski definition) is 5. The van der Waals surface area contributed by atoms with Gasteiger partial charge < -0.3 is 15.0 Å². The van der Waals surface area contributed by atoms with Gasteiger partial charge in [0.15, 0.2) is 0 Å². The smallest absolute Gasteiger partial charge is 0.348 e. The minimum absolute atomic E-state index is 0.0233. The van der Waals surface area contributed by atoms with Crippen LogP contribution in [0.25, 0.3) is 11.0 Å². The van der Waals surface area contributed by atoms with Crippen LogP contribution in [-0.2, 0) is 9.53 Å². The van der Waals surface area contributed by atoms with Gasteiger partial charge in [-0.15, -0.1) is 11.3 Å². The Morgan fingerprint density at radius 3 is 2.72 bits per heavy atom. The van der Waals surface area contributed by atoms with Crippen LogP contribution in [0.5, 0.6) is 0 Å². The third kappa shape index (κ3) is 4.34. The van der Waals surface area contributed by atoms with Gasteiger partial charge in [-0.05, 0) is 58.4 Å². The van der Waals surface area contributed by atoms with Crippen LogP contribution in [0.4, 0.5) is 0 Å². The Kier molecular flexibility index (Phi) is 4.94. The van der Waals surface area contributed by atoms with Crippen molar-refractivity contribution in [3.63, 3.8) is 0 Å². The van der Waals surface area contributed by atoms with Crippen LogP contribution in [0, 0.1) is 5.92 Å². The minimum atomic E-state index is -0.529. The maximum Gasteiger partial charge on any atom is 0.348 e. The molecule has 29 heavy (non-hydrogen) atoms. The number of nitrogens with one attached hydrogen (secondary N) is 2. The lowest BCUT2D eigenvalue weighted by Crippen LogP contribution is -2.28. The Labute approximate surface area is 173 Å². The van der Waals surface area contributed by atoms with Gasteiger partial charge in [0.25, 0.3) is 0 Å². The van der Waals surface area contributed by atoms with Crippen molar-refractivity contribution in [1.29, 1.82) is 0 Å². The zero-order valence-corrected chi connectivity index (χ0v) is 17.8. The van der Waals surface area contributed by atoms with E-state index in [0.717, 1.165) is 28.2 Å². The number of H-pyrrole nitrogens is 1. The summed E-state index contributed by atoms with van der Waals surface area (Å²) in [5.74, 6) is 0.635. The van der Waals surface area contributed by atoms with Gasteiger partial charge in [-0.1, -0.05) is 12.1 Å². The molecule has 1 amide bonds. The van der Waals surface area contributed by atoms with E-state index in [9.17, 15) is 9.59 Å². The number of fused-ring (bicyclic) bond motifs is 1. The molecule has 0 radical (unpaired) electrons. The third-order valence-electron chi connectivity index (χ3n) is 4.90. The van der Waals surface area contributed by atoms with Gasteiger partial charge in [0, 0.05) is 16.7 Å². The van der Waals surface area contributed by atoms with E-state index in [1.54, 1.807) is 6.07 Å². The molecule has 0 aliphatic heterocycles. The zero-order chi connectivity index (χ0) is 20.8. The lowest BCUT2D eigenvalue weighted by atomic mass is 10.2. The molecule has 1 saturated carbocycles. The summed E-state index contributed by atoms with van der Waals surface area (Å²) in [5, 5.41) is 3.07. The van der Waals surface area contributed by atoms with E-state index in [0.29, 0.717) is 4.88 Å². The van der Waals surface area contributed by atoms with Crippen molar-refractivity contribution in [1.82, 2.24) is 15.3 Å². The molecule has 1 aromatic carbocycles. The van der Waals surface area contributed by atoms with Crippen molar-refractivity contribution in [2.24, 2.45) is 5.92 Å². The van der Waals surface area contributed by atoms with Crippen LogP contribution in [0.1, 0.15) is 66.4 Å². The van der Waals surface area contributed by atoms with Crippen molar-refractivity contribution in [3.05, 3.63) is 52.0 Å². The summed E-state index contributed by atoms with van der Waals surface area (Å²) >= 11 is 1.36. The fourth-order valence-corrected chi connectivity index (χ4v) is 4.24. The number of amides is 1. The molecule has 2 aromatic heterocycles. The lowest BCUT2D eigenvalue weighted by Gasteiger charge is -2.18. The van der Waals surface area contributed by atoms with Gasteiger partial charge in [-0.25, -0.2) is 9.78 Å². The van der Waals surface area contributed by atoms with Gasteiger partial charge in [-0.3, -0.25) is 4.79 Å². The second-order valence-electron chi connectivity index (χ2n) is 8.52. The average molecular weight is 412 g/mol. The van der Waals surface area contributed by atoms with Crippen LogP contribution in [0.15, 0.2) is 36.4 Å². The maximum atomic E-state index is 12.7. The molecule has 1 fully saturated rings. The summed E-state index contributed by atoms with van der Waals surface area (Å²) < 4.78 is 5.41. The summed E-state index contributed by atoms with van der Waals surface area (Å²) in [4.78, 5) is 34.3. The first kappa shape index (κ1) is 19.6. The number of hydrogen-bond donors (Lipinski definition) is 2. The number of aromatic nitrogens is 2. The third-order valence-corrected chi connectivity index (χ3v) is 6.15. The molecule has 0 saturated heterocycles. The highest BCUT2D eigenvalue weighted by molar-refractivity contribution is 7.14. The molecule has 3 atom stereocenters. The average Bonchev–Trinajstić information content (AvgIpc) is 3.10. The SMILES string of the molecule is C[C@@H](NC(=O)C1CC1c1nc2ccccc2[nH]1)c1ccc(C(=O)OC(C)(C)C)s1. The number of aromatic amines is 1. The topological polar surface area (TPSA) is 84.1 Å². The van der Waals surface area contributed by atoms with Crippen LogP contribution in [0.3, 0.4) is 0 Å². The number of benzene rings is 1. The molecule has 3 aromatic rings. The normalized spacial score (nSPS) is 19.7. The number of rotatable bonds is 5. The van der Waals surface area contributed by atoms with E-state index in [4.69, 9.17) is 4.74 Å². The van der Waals surface area contributed by atoms with Gasteiger partial charge in [0.2, 0.25) is 5.91 Å². The van der Waals surface area contributed by atoms with E-state index in [2.05, 4.69) is 15.3 Å². The van der Waals surface area contributed by atoms with Crippen molar-refractivity contribution in [2.45, 2.75) is 51.7 Å². The largest absolute Gasteiger partial charge is 0.456 e. The van der Waals surface area contributed by atoms with E-state index < -0.39 is 5.60 Å². The molecule has 2 heterocycles. The highest BCUT2D eigenvalue weighted by Crippen LogP contribution is 2.47. The molecule has 4 rings (SSSR count). The van der Waals surface area contributed by atoms with Crippen LogP contribution < -0.4 is 5.32 Å². The lowest BCUT2D eigenvalue weighted by molar-refractivity contribution is -0.123. The molecule has 6 nitrogen and oxygen atoms in total. The van der Waals surface area contributed by atoms with Crippen molar-refractivity contribution >= 4 is 34.2 Å². The Hall–Kier alpha value is -2.67. The molecule has 2 N–H and O–H groups in total. The zero-order valence-electron chi connectivity index (χ0n) is 17.0. The highest BCUT2D eigenvalue weighted by atomic mass is 32.1. The molecule has 0 bridgehead atoms. The molecule has 1 aliphatic carbocycles. The second-order valence-corrected chi connectivity index (χ2v) is 9.64. The molecule has 0 spiro atoms. The van der Waals surface area contributed by atoms with Gasteiger partial charge >= 0.3 is 5.97 Å². The number of ether oxygens (including phenoxy) is 1. The maximum absolute atomic E-state index is 12.7. The quantitative estimate of drug-likeness (QED) is 0.603. The first-order chi connectivity index (χ1) is 13.7. The number of esters is 1. The summed E-state index contributed by atoms with van der Waals surface area (Å²) in [6, 6.07) is 11.3. The number of thiophene rings is 1. The van der Waals surface area contributed by atoms with E-state index in [1.807, 2.05) is 58.0 Å². The standard InChI is InChI=1S/C22H25N3O3S/c1-12(17-9-10-18(29-17)21(27)28-22(2,3)4)23-20(26)14-11-13(14)19-24-15-7-5-6-8-16(15)25-19/h5-10,12-14H,11H2,1-4H3,(H,23,26)(H,24,25)/t12-,13?,14?/m1/s1. The number of imidazole rings is 1. The molecular weight excluding hydrogens is 386 g/mol. The summed E-state index contributed by atoms with van der Waals surface area (Å²) in [6.07, 6.45) is 0.798. The molecule has 152 valence electrons.